The van der Waals surface area contributed by atoms with Crippen LogP contribution in [0.25, 0.3) is 10.9 Å². The lowest BCUT2D eigenvalue weighted by molar-refractivity contribution is 0.0468. The molecule has 1 aliphatic carbocycles. The van der Waals surface area contributed by atoms with Crippen LogP contribution in [-0.2, 0) is 24.2 Å². The van der Waals surface area contributed by atoms with Crippen LogP contribution in [0.15, 0.2) is 42.6 Å². The third-order valence-corrected chi connectivity index (χ3v) is 4.75. The largest absolute Gasteiger partial charge is 0.456 e. The normalized spacial score (nSPS) is 16.8. The first kappa shape index (κ1) is 14.9. The van der Waals surface area contributed by atoms with E-state index in [1.165, 1.54) is 17.7 Å². The highest BCUT2D eigenvalue weighted by Crippen LogP contribution is 2.32. The molecular weight excluding hydrogens is 300 g/mol. The van der Waals surface area contributed by atoms with Gasteiger partial charge in [0.15, 0.2) is 0 Å². The summed E-state index contributed by atoms with van der Waals surface area (Å²) in [7, 11) is 0. The van der Waals surface area contributed by atoms with Crippen LogP contribution in [0.5, 0.6) is 0 Å². The molecule has 4 rings (SSSR count). The zero-order valence-corrected chi connectivity index (χ0v) is 13.7. The Morgan fingerprint density at radius 1 is 1.33 bits per heavy atom. The number of nitrogens with zero attached hydrogens (tertiary/aromatic N) is 1. The zero-order chi connectivity index (χ0) is 16.5. The van der Waals surface area contributed by atoms with Crippen LogP contribution >= 0.6 is 0 Å². The van der Waals surface area contributed by atoms with Crippen molar-refractivity contribution in [3.05, 3.63) is 65.1 Å². The van der Waals surface area contributed by atoms with Gasteiger partial charge in [0.25, 0.3) is 0 Å². The molecule has 1 aromatic carbocycles. The number of esters is 1. The number of aryl methyl sites for hydroxylation is 1. The summed E-state index contributed by atoms with van der Waals surface area (Å²) in [6.07, 6.45) is 5.08. The molecule has 1 unspecified atom stereocenters. The van der Waals surface area contributed by atoms with Gasteiger partial charge in [0.1, 0.15) is 6.61 Å². The van der Waals surface area contributed by atoms with Gasteiger partial charge in [-0.3, -0.25) is 4.98 Å². The molecule has 0 fully saturated rings. The maximum atomic E-state index is 12.4. The first-order chi connectivity index (χ1) is 11.7. The lowest BCUT2D eigenvalue weighted by Gasteiger charge is -2.18. The number of pyridine rings is 1. The lowest BCUT2D eigenvalue weighted by Crippen LogP contribution is -2.10. The minimum absolute atomic E-state index is 0.194. The number of carbonyl (C=O) groups excluding carboxylic acids is 1. The van der Waals surface area contributed by atoms with Crippen molar-refractivity contribution in [2.45, 2.75) is 32.8 Å². The molecule has 0 radical (unpaired) electrons. The number of H-pyrrole nitrogens is 1. The Morgan fingerprint density at radius 3 is 3.08 bits per heavy atom. The van der Waals surface area contributed by atoms with Crippen LogP contribution < -0.4 is 0 Å². The van der Waals surface area contributed by atoms with E-state index in [0.717, 1.165) is 29.4 Å². The van der Waals surface area contributed by atoms with Gasteiger partial charge >= 0.3 is 5.97 Å². The first-order valence-electron chi connectivity index (χ1n) is 8.41. The monoisotopic (exact) mass is 320 g/mol. The Morgan fingerprint density at radius 2 is 2.25 bits per heavy atom. The number of fused-ring (bicyclic) bond motifs is 3. The van der Waals surface area contributed by atoms with Crippen molar-refractivity contribution >= 4 is 16.9 Å². The van der Waals surface area contributed by atoms with Gasteiger partial charge in [-0.05, 0) is 61.1 Å². The minimum atomic E-state index is -0.304. The second-order valence-electron chi connectivity index (χ2n) is 6.59. The van der Waals surface area contributed by atoms with Gasteiger partial charge in [-0.1, -0.05) is 13.0 Å². The topological polar surface area (TPSA) is 55.0 Å². The van der Waals surface area contributed by atoms with Crippen LogP contribution in [0.2, 0.25) is 0 Å². The highest BCUT2D eigenvalue weighted by Gasteiger charge is 2.20. The van der Waals surface area contributed by atoms with E-state index in [0.29, 0.717) is 11.5 Å². The van der Waals surface area contributed by atoms with E-state index in [1.807, 2.05) is 36.4 Å². The number of aromatic amines is 1. The summed E-state index contributed by atoms with van der Waals surface area (Å²) in [5, 5.41) is 1.16. The summed E-state index contributed by atoms with van der Waals surface area (Å²) in [5.41, 5.74) is 5.14. The molecule has 24 heavy (non-hydrogen) atoms. The summed E-state index contributed by atoms with van der Waals surface area (Å²) < 4.78 is 5.39. The highest BCUT2D eigenvalue weighted by atomic mass is 16.5. The maximum absolute atomic E-state index is 12.4. The number of carbonyl (C=O) groups is 1. The van der Waals surface area contributed by atoms with E-state index in [4.69, 9.17) is 4.74 Å². The Kier molecular flexibility index (Phi) is 3.81. The molecule has 1 aliphatic rings. The molecule has 0 amide bonds. The quantitative estimate of drug-likeness (QED) is 0.741. The fraction of sp³-hybridized carbons (Fsp3) is 0.300. The standard InChI is InChI=1S/C20H20N2O2/c1-13-5-7-18-16(10-13)17-11-14(6-8-19(17)22-18)20(23)24-12-15-4-2-3-9-21-15/h2-4,6,8-9,11,13,22H,5,7,10,12H2,1H3. The van der Waals surface area contributed by atoms with Crippen LogP contribution in [0, 0.1) is 5.92 Å². The number of rotatable bonds is 3. The van der Waals surface area contributed by atoms with E-state index in [2.05, 4.69) is 16.9 Å². The molecule has 2 heterocycles. The van der Waals surface area contributed by atoms with Crippen molar-refractivity contribution in [1.82, 2.24) is 9.97 Å². The van der Waals surface area contributed by atoms with Gasteiger partial charge in [-0.2, -0.15) is 0 Å². The van der Waals surface area contributed by atoms with Gasteiger partial charge in [-0.25, -0.2) is 4.79 Å². The summed E-state index contributed by atoms with van der Waals surface area (Å²) >= 11 is 0. The summed E-state index contributed by atoms with van der Waals surface area (Å²) in [6.45, 7) is 2.48. The van der Waals surface area contributed by atoms with Crippen LogP contribution in [0.4, 0.5) is 0 Å². The Hall–Kier alpha value is -2.62. The molecule has 0 aliphatic heterocycles. The Labute approximate surface area is 140 Å². The average molecular weight is 320 g/mol. The van der Waals surface area contributed by atoms with E-state index in [1.54, 1.807) is 6.20 Å². The second kappa shape index (κ2) is 6.11. The first-order valence-corrected chi connectivity index (χ1v) is 8.41. The average Bonchev–Trinajstić information content (AvgIpc) is 2.97. The predicted molar refractivity (Wildman–Crippen MR) is 92.8 cm³/mol. The minimum Gasteiger partial charge on any atom is -0.456 e. The molecule has 0 bridgehead atoms. The molecule has 1 N–H and O–H groups in total. The fourth-order valence-corrected chi connectivity index (χ4v) is 3.42. The molecule has 0 spiro atoms. The molecule has 3 aromatic rings. The lowest BCUT2D eigenvalue weighted by atomic mass is 9.87. The van der Waals surface area contributed by atoms with Crippen molar-refractivity contribution in [3.8, 4) is 0 Å². The molecule has 0 saturated heterocycles. The van der Waals surface area contributed by atoms with Gasteiger partial charge in [-0.15, -0.1) is 0 Å². The third-order valence-electron chi connectivity index (χ3n) is 4.75. The van der Waals surface area contributed by atoms with Crippen molar-refractivity contribution in [2.75, 3.05) is 0 Å². The number of aromatic nitrogens is 2. The number of ether oxygens (including phenoxy) is 1. The van der Waals surface area contributed by atoms with Gasteiger partial charge < -0.3 is 9.72 Å². The molecular formula is C20H20N2O2. The molecule has 4 heteroatoms. The van der Waals surface area contributed by atoms with Crippen LogP contribution in [0.1, 0.15) is 40.7 Å². The van der Waals surface area contributed by atoms with Crippen molar-refractivity contribution < 1.29 is 9.53 Å². The van der Waals surface area contributed by atoms with E-state index in [9.17, 15) is 4.79 Å². The van der Waals surface area contributed by atoms with Gasteiger partial charge in [0.05, 0.1) is 11.3 Å². The molecule has 0 saturated carbocycles. The summed E-state index contributed by atoms with van der Waals surface area (Å²) in [5.74, 6) is 0.387. The molecule has 4 nitrogen and oxygen atoms in total. The Balaban J connectivity index is 1.58. The number of benzene rings is 1. The van der Waals surface area contributed by atoms with Crippen molar-refractivity contribution in [3.63, 3.8) is 0 Å². The third kappa shape index (κ3) is 2.80. The smallest absolute Gasteiger partial charge is 0.338 e. The van der Waals surface area contributed by atoms with Crippen molar-refractivity contribution in [1.29, 1.82) is 0 Å². The molecule has 122 valence electrons. The fourth-order valence-electron chi connectivity index (χ4n) is 3.42. The number of nitrogens with one attached hydrogen (secondary N) is 1. The van der Waals surface area contributed by atoms with Crippen molar-refractivity contribution in [2.24, 2.45) is 5.92 Å². The molecule has 2 aromatic heterocycles. The SMILES string of the molecule is CC1CCc2[nH]c3ccc(C(=O)OCc4ccccn4)cc3c2C1. The molecule has 1 atom stereocenters. The van der Waals surface area contributed by atoms with Crippen LogP contribution in [0.3, 0.4) is 0 Å². The van der Waals surface area contributed by atoms with E-state index in [-0.39, 0.29) is 12.6 Å². The van der Waals surface area contributed by atoms with E-state index < -0.39 is 0 Å². The highest BCUT2D eigenvalue weighted by molar-refractivity contribution is 5.96. The number of hydrogen-bond acceptors (Lipinski definition) is 3. The predicted octanol–water partition coefficient (Wildman–Crippen LogP) is 4.04. The van der Waals surface area contributed by atoms with Gasteiger partial charge in [0, 0.05) is 22.8 Å². The van der Waals surface area contributed by atoms with Crippen LogP contribution in [-0.4, -0.2) is 15.9 Å². The zero-order valence-electron chi connectivity index (χ0n) is 13.7. The van der Waals surface area contributed by atoms with Gasteiger partial charge in [0.2, 0.25) is 0 Å². The van der Waals surface area contributed by atoms with E-state index >= 15 is 0 Å². The summed E-state index contributed by atoms with van der Waals surface area (Å²) in [4.78, 5) is 20.0. The second-order valence-corrected chi connectivity index (χ2v) is 6.59. The Bertz CT molecular complexity index is 883. The number of hydrogen-bond donors (Lipinski definition) is 1. The maximum Gasteiger partial charge on any atom is 0.338 e. The summed E-state index contributed by atoms with van der Waals surface area (Å²) in [6, 6.07) is 11.3.